The molecule has 3 heterocycles. The fourth-order valence-corrected chi connectivity index (χ4v) is 3.35. The van der Waals surface area contributed by atoms with E-state index in [9.17, 15) is 5.26 Å². The molecule has 0 saturated carbocycles. The van der Waals surface area contributed by atoms with Crippen molar-refractivity contribution < 1.29 is 14.2 Å². The molecule has 8 nitrogen and oxygen atoms in total. The molecule has 1 aliphatic heterocycles. The molecular formula is C20H17N5O3. The number of aromatic amines is 1. The summed E-state index contributed by atoms with van der Waals surface area (Å²) in [7, 11) is 3.18. The molecule has 2 aromatic heterocycles. The molecule has 0 saturated heterocycles. The molecule has 1 aromatic carbocycles. The number of pyridine rings is 1. The van der Waals surface area contributed by atoms with E-state index in [1.165, 1.54) is 0 Å². The molecule has 0 radical (unpaired) electrons. The number of benzene rings is 1. The van der Waals surface area contributed by atoms with Gasteiger partial charge in [0.15, 0.2) is 0 Å². The Hall–Kier alpha value is -3.99. The van der Waals surface area contributed by atoms with E-state index in [-0.39, 0.29) is 5.88 Å². The third-order valence-corrected chi connectivity index (χ3v) is 4.65. The van der Waals surface area contributed by atoms with E-state index in [1.54, 1.807) is 32.7 Å². The number of fused-ring (bicyclic) bond motifs is 1. The van der Waals surface area contributed by atoms with Gasteiger partial charge in [-0.25, -0.2) is 0 Å². The average molecular weight is 375 g/mol. The van der Waals surface area contributed by atoms with Gasteiger partial charge in [-0.1, -0.05) is 0 Å². The molecule has 4 rings (SSSR count). The maximum Gasteiger partial charge on any atom is 0.244 e. The summed E-state index contributed by atoms with van der Waals surface area (Å²) in [6, 6.07) is 11.3. The number of H-pyrrole nitrogens is 1. The SMILES string of the molecule is COc1ccc(OC)c(-c2[nH]nc3c2[C@H](c2ccncc2)C(C#N)=C(N)O3)c1. The van der Waals surface area contributed by atoms with Crippen molar-refractivity contribution in [1.29, 1.82) is 5.26 Å². The molecule has 28 heavy (non-hydrogen) atoms. The quantitative estimate of drug-likeness (QED) is 0.719. The summed E-state index contributed by atoms with van der Waals surface area (Å²) in [5, 5.41) is 17.0. The summed E-state index contributed by atoms with van der Waals surface area (Å²) in [5.74, 6) is 1.18. The summed E-state index contributed by atoms with van der Waals surface area (Å²) >= 11 is 0. The van der Waals surface area contributed by atoms with Crippen LogP contribution in [0.5, 0.6) is 17.4 Å². The van der Waals surface area contributed by atoms with Crippen molar-refractivity contribution in [1.82, 2.24) is 15.2 Å². The summed E-state index contributed by atoms with van der Waals surface area (Å²) in [6.45, 7) is 0. The number of hydrogen-bond acceptors (Lipinski definition) is 7. The molecule has 1 aliphatic rings. The lowest BCUT2D eigenvalue weighted by Gasteiger charge is -2.24. The zero-order valence-corrected chi connectivity index (χ0v) is 15.3. The van der Waals surface area contributed by atoms with Crippen LogP contribution >= 0.6 is 0 Å². The number of nitrogens with zero attached hydrogens (tertiary/aromatic N) is 3. The largest absolute Gasteiger partial charge is 0.497 e. The first kappa shape index (κ1) is 17.4. The molecule has 8 heteroatoms. The molecule has 0 bridgehead atoms. The van der Waals surface area contributed by atoms with Crippen LogP contribution in [0.15, 0.2) is 54.2 Å². The molecule has 3 N–H and O–H groups in total. The first-order chi connectivity index (χ1) is 13.7. The van der Waals surface area contributed by atoms with Crippen LogP contribution in [0.3, 0.4) is 0 Å². The summed E-state index contributed by atoms with van der Waals surface area (Å²) in [6.07, 6.45) is 3.34. The minimum absolute atomic E-state index is 0.0347. The third-order valence-electron chi connectivity index (χ3n) is 4.65. The Morgan fingerprint density at radius 1 is 1.18 bits per heavy atom. The van der Waals surface area contributed by atoms with E-state index in [0.717, 1.165) is 11.1 Å². The fourth-order valence-electron chi connectivity index (χ4n) is 3.35. The highest BCUT2D eigenvalue weighted by Crippen LogP contribution is 2.47. The summed E-state index contributed by atoms with van der Waals surface area (Å²) in [4.78, 5) is 4.06. The fraction of sp³-hybridized carbons (Fsp3) is 0.150. The number of allylic oxidation sites excluding steroid dienone is 1. The standard InChI is InChI=1S/C20H17N5O3/c1-26-12-3-4-15(27-2)13(9-12)18-17-16(11-5-7-23-8-6-11)14(10-21)19(22)28-20(17)25-24-18/h3-9,16H,22H2,1-2H3,(H,24,25)/t16-/m1/s1. The lowest BCUT2D eigenvalue weighted by molar-refractivity contribution is 0.379. The van der Waals surface area contributed by atoms with Crippen molar-refractivity contribution >= 4 is 0 Å². The maximum absolute atomic E-state index is 9.74. The van der Waals surface area contributed by atoms with Crippen molar-refractivity contribution in [2.24, 2.45) is 5.73 Å². The molecule has 0 amide bonds. The Morgan fingerprint density at radius 3 is 2.64 bits per heavy atom. The average Bonchev–Trinajstić information content (AvgIpc) is 3.15. The Bertz CT molecular complexity index is 1100. The second kappa shape index (κ2) is 6.96. The smallest absolute Gasteiger partial charge is 0.244 e. The van der Waals surface area contributed by atoms with Gasteiger partial charge < -0.3 is 19.9 Å². The maximum atomic E-state index is 9.74. The molecule has 3 aromatic rings. The van der Waals surface area contributed by atoms with E-state index in [0.29, 0.717) is 34.2 Å². The third kappa shape index (κ3) is 2.70. The van der Waals surface area contributed by atoms with Crippen molar-refractivity contribution in [3.05, 3.63) is 65.3 Å². The van der Waals surface area contributed by atoms with Crippen LogP contribution < -0.4 is 19.9 Å². The summed E-state index contributed by atoms with van der Waals surface area (Å²) in [5.41, 5.74) is 9.25. The van der Waals surface area contributed by atoms with Gasteiger partial charge in [-0.15, -0.1) is 5.10 Å². The second-order valence-electron chi connectivity index (χ2n) is 6.09. The van der Waals surface area contributed by atoms with Crippen LogP contribution in [0.2, 0.25) is 0 Å². The van der Waals surface area contributed by atoms with Gasteiger partial charge in [0.25, 0.3) is 0 Å². The zero-order chi connectivity index (χ0) is 19.7. The van der Waals surface area contributed by atoms with E-state index in [2.05, 4.69) is 21.3 Å². The monoisotopic (exact) mass is 375 g/mol. The van der Waals surface area contributed by atoms with Gasteiger partial charge in [0.1, 0.15) is 23.1 Å². The Morgan fingerprint density at radius 2 is 1.96 bits per heavy atom. The van der Waals surface area contributed by atoms with Gasteiger partial charge in [-0.05, 0) is 35.9 Å². The minimum Gasteiger partial charge on any atom is -0.497 e. The predicted octanol–water partition coefficient (Wildman–Crippen LogP) is 2.71. The predicted molar refractivity (Wildman–Crippen MR) is 101 cm³/mol. The number of nitrogens with one attached hydrogen (secondary N) is 1. The van der Waals surface area contributed by atoms with Gasteiger partial charge in [0.05, 0.1) is 31.4 Å². The molecular weight excluding hydrogens is 358 g/mol. The number of nitrogens with two attached hydrogens (primary N) is 1. The minimum atomic E-state index is -0.457. The molecule has 1 atom stereocenters. The highest BCUT2D eigenvalue weighted by atomic mass is 16.5. The number of aromatic nitrogens is 3. The molecule has 0 aliphatic carbocycles. The Balaban J connectivity index is 1.98. The van der Waals surface area contributed by atoms with Gasteiger partial charge in [0, 0.05) is 18.0 Å². The number of rotatable bonds is 4. The number of nitriles is 1. The number of methoxy groups -OCH3 is 2. The van der Waals surface area contributed by atoms with E-state index >= 15 is 0 Å². The van der Waals surface area contributed by atoms with Crippen LogP contribution in [0.25, 0.3) is 11.3 Å². The van der Waals surface area contributed by atoms with E-state index in [1.807, 2.05) is 24.3 Å². The highest BCUT2D eigenvalue weighted by Gasteiger charge is 2.36. The Kier molecular flexibility index (Phi) is 4.33. The van der Waals surface area contributed by atoms with E-state index < -0.39 is 5.92 Å². The molecule has 140 valence electrons. The second-order valence-corrected chi connectivity index (χ2v) is 6.09. The first-order valence-electron chi connectivity index (χ1n) is 8.46. The first-order valence-corrected chi connectivity index (χ1v) is 8.46. The number of ether oxygens (including phenoxy) is 3. The van der Waals surface area contributed by atoms with Gasteiger partial charge in [-0.3, -0.25) is 10.1 Å². The van der Waals surface area contributed by atoms with Gasteiger partial charge >= 0.3 is 0 Å². The van der Waals surface area contributed by atoms with E-state index in [4.69, 9.17) is 19.9 Å². The van der Waals surface area contributed by atoms with Crippen LogP contribution in [0.1, 0.15) is 17.0 Å². The topological polar surface area (TPSA) is 119 Å². The number of hydrogen-bond donors (Lipinski definition) is 2. The zero-order valence-electron chi connectivity index (χ0n) is 15.3. The normalized spacial score (nSPS) is 15.4. The van der Waals surface area contributed by atoms with Crippen LogP contribution in [0, 0.1) is 11.3 Å². The van der Waals surface area contributed by atoms with Crippen molar-refractivity contribution in [3.63, 3.8) is 0 Å². The lowest BCUT2D eigenvalue weighted by Crippen LogP contribution is -2.21. The van der Waals surface area contributed by atoms with Gasteiger partial charge in [-0.2, -0.15) is 5.26 Å². The van der Waals surface area contributed by atoms with Gasteiger partial charge in [0.2, 0.25) is 11.8 Å². The van der Waals surface area contributed by atoms with Crippen molar-refractivity contribution in [2.45, 2.75) is 5.92 Å². The molecule has 0 fully saturated rings. The van der Waals surface area contributed by atoms with Crippen LogP contribution in [0.4, 0.5) is 0 Å². The Labute approximate surface area is 161 Å². The van der Waals surface area contributed by atoms with Crippen molar-refractivity contribution in [3.8, 4) is 34.7 Å². The summed E-state index contributed by atoms with van der Waals surface area (Å²) < 4.78 is 16.5. The highest BCUT2D eigenvalue weighted by molar-refractivity contribution is 5.76. The lowest BCUT2D eigenvalue weighted by atomic mass is 9.83. The molecule has 0 spiro atoms. The van der Waals surface area contributed by atoms with Crippen LogP contribution in [-0.4, -0.2) is 29.4 Å². The molecule has 0 unspecified atom stereocenters. The van der Waals surface area contributed by atoms with Crippen molar-refractivity contribution in [2.75, 3.05) is 14.2 Å². The van der Waals surface area contributed by atoms with Crippen LogP contribution in [-0.2, 0) is 0 Å².